The maximum absolute atomic E-state index is 6.16. The van der Waals surface area contributed by atoms with Crippen LogP contribution in [0.25, 0.3) is 0 Å². The quantitative estimate of drug-likeness (QED) is 0.829. The molecule has 0 aliphatic heterocycles. The molecule has 0 aliphatic rings. The van der Waals surface area contributed by atoms with Gasteiger partial charge in [-0.25, -0.2) is 0 Å². The van der Waals surface area contributed by atoms with Crippen molar-refractivity contribution >= 4 is 17.3 Å². The van der Waals surface area contributed by atoms with Crippen LogP contribution in [-0.2, 0) is 6.54 Å². The lowest BCUT2D eigenvalue weighted by Crippen LogP contribution is -2.03. The van der Waals surface area contributed by atoms with Gasteiger partial charge < -0.3 is 5.32 Å². The van der Waals surface area contributed by atoms with E-state index in [0.717, 1.165) is 17.1 Å². The fourth-order valence-corrected chi connectivity index (χ4v) is 2.49. The van der Waals surface area contributed by atoms with Crippen LogP contribution in [0.1, 0.15) is 22.3 Å². The summed E-state index contributed by atoms with van der Waals surface area (Å²) < 4.78 is 0. The monoisotopic (exact) mass is 259 g/mol. The SMILES string of the molecule is Cc1cc(C)c(NCc2ccccc2Cl)c(C)c1. The third-order valence-corrected chi connectivity index (χ3v) is 3.46. The molecule has 2 aromatic carbocycles. The molecule has 1 nitrogen and oxygen atoms in total. The van der Waals surface area contributed by atoms with Gasteiger partial charge in [0.2, 0.25) is 0 Å². The Kier molecular flexibility index (Phi) is 3.93. The first kappa shape index (κ1) is 13.0. The summed E-state index contributed by atoms with van der Waals surface area (Å²) in [6, 6.07) is 12.3. The molecule has 0 heterocycles. The number of benzene rings is 2. The maximum atomic E-state index is 6.16. The zero-order valence-corrected chi connectivity index (χ0v) is 11.8. The summed E-state index contributed by atoms with van der Waals surface area (Å²) in [6.07, 6.45) is 0. The second-order valence-corrected chi connectivity index (χ2v) is 5.13. The van der Waals surface area contributed by atoms with Crippen LogP contribution in [0.4, 0.5) is 5.69 Å². The summed E-state index contributed by atoms with van der Waals surface area (Å²) in [5.41, 5.74) is 6.19. The summed E-state index contributed by atoms with van der Waals surface area (Å²) in [5.74, 6) is 0. The summed E-state index contributed by atoms with van der Waals surface area (Å²) in [4.78, 5) is 0. The van der Waals surface area contributed by atoms with Gasteiger partial charge in [-0.15, -0.1) is 0 Å². The Labute approximate surface area is 114 Å². The molecule has 0 fully saturated rings. The smallest absolute Gasteiger partial charge is 0.0455 e. The molecule has 18 heavy (non-hydrogen) atoms. The first-order valence-corrected chi connectivity index (χ1v) is 6.51. The van der Waals surface area contributed by atoms with Crippen molar-refractivity contribution in [1.82, 2.24) is 0 Å². The van der Waals surface area contributed by atoms with E-state index in [9.17, 15) is 0 Å². The predicted molar refractivity (Wildman–Crippen MR) is 79.4 cm³/mol. The van der Waals surface area contributed by atoms with Crippen molar-refractivity contribution in [2.75, 3.05) is 5.32 Å². The number of rotatable bonds is 3. The number of nitrogens with one attached hydrogen (secondary N) is 1. The molecule has 2 heteroatoms. The van der Waals surface area contributed by atoms with E-state index < -0.39 is 0 Å². The van der Waals surface area contributed by atoms with Crippen molar-refractivity contribution in [2.24, 2.45) is 0 Å². The third-order valence-electron chi connectivity index (χ3n) is 3.09. The molecule has 0 aliphatic carbocycles. The molecule has 0 radical (unpaired) electrons. The molecule has 0 amide bonds. The minimum absolute atomic E-state index is 0.754. The van der Waals surface area contributed by atoms with E-state index >= 15 is 0 Å². The van der Waals surface area contributed by atoms with Gasteiger partial charge in [-0.3, -0.25) is 0 Å². The highest BCUT2D eigenvalue weighted by Gasteiger charge is 2.04. The molecule has 0 unspecified atom stereocenters. The number of anilines is 1. The Balaban J connectivity index is 2.19. The van der Waals surface area contributed by atoms with Gasteiger partial charge in [0.15, 0.2) is 0 Å². The van der Waals surface area contributed by atoms with Gasteiger partial charge in [0.05, 0.1) is 0 Å². The van der Waals surface area contributed by atoms with Crippen molar-refractivity contribution in [1.29, 1.82) is 0 Å². The Bertz CT molecular complexity index is 538. The summed E-state index contributed by atoms with van der Waals surface area (Å²) in [6.45, 7) is 7.14. The maximum Gasteiger partial charge on any atom is 0.0455 e. The van der Waals surface area contributed by atoms with Crippen LogP contribution in [-0.4, -0.2) is 0 Å². The fraction of sp³-hybridized carbons (Fsp3) is 0.250. The minimum Gasteiger partial charge on any atom is -0.380 e. The molecule has 0 bridgehead atoms. The Morgan fingerprint density at radius 3 is 2.22 bits per heavy atom. The second kappa shape index (κ2) is 5.45. The van der Waals surface area contributed by atoms with Crippen molar-refractivity contribution in [3.05, 3.63) is 63.7 Å². The molecular weight excluding hydrogens is 242 g/mol. The van der Waals surface area contributed by atoms with Crippen LogP contribution in [0.2, 0.25) is 5.02 Å². The van der Waals surface area contributed by atoms with Gasteiger partial charge in [-0.2, -0.15) is 0 Å². The van der Waals surface area contributed by atoms with Crippen molar-refractivity contribution in [2.45, 2.75) is 27.3 Å². The fourth-order valence-electron chi connectivity index (χ4n) is 2.28. The third kappa shape index (κ3) is 2.85. The van der Waals surface area contributed by atoms with E-state index in [1.807, 2.05) is 24.3 Å². The highest BCUT2D eigenvalue weighted by Crippen LogP contribution is 2.23. The zero-order chi connectivity index (χ0) is 13.1. The van der Waals surface area contributed by atoms with Crippen LogP contribution in [0.5, 0.6) is 0 Å². The van der Waals surface area contributed by atoms with Gasteiger partial charge in [0.25, 0.3) is 0 Å². The van der Waals surface area contributed by atoms with Gasteiger partial charge >= 0.3 is 0 Å². The zero-order valence-electron chi connectivity index (χ0n) is 11.0. The Hall–Kier alpha value is -1.47. The standard InChI is InChI=1S/C16H18ClN/c1-11-8-12(2)16(13(3)9-11)18-10-14-6-4-5-7-15(14)17/h4-9,18H,10H2,1-3H3. The lowest BCUT2D eigenvalue weighted by atomic mass is 10.0. The van der Waals surface area contributed by atoms with Crippen molar-refractivity contribution < 1.29 is 0 Å². The van der Waals surface area contributed by atoms with Crippen LogP contribution in [0.3, 0.4) is 0 Å². The highest BCUT2D eigenvalue weighted by atomic mass is 35.5. The first-order chi connectivity index (χ1) is 8.58. The number of halogens is 1. The largest absolute Gasteiger partial charge is 0.380 e. The Morgan fingerprint density at radius 1 is 1.00 bits per heavy atom. The average Bonchev–Trinajstić information content (AvgIpc) is 2.30. The molecule has 0 saturated heterocycles. The van der Waals surface area contributed by atoms with Crippen LogP contribution in [0, 0.1) is 20.8 Å². The van der Waals surface area contributed by atoms with Crippen molar-refractivity contribution in [3.63, 3.8) is 0 Å². The number of aryl methyl sites for hydroxylation is 3. The highest BCUT2D eigenvalue weighted by molar-refractivity contribution is 6.31. The molecule has 0 aromatic heterocycles. The van der Waals surface area contributed by atoms with E-state index in [4.69, 9.17) is 11.6 Å². The minimum atomic E-state index is 0.754. The lowest BCUT2D eigenvalue weighted by Gasteiger charge is -2.14. The van der Waals surface area contributed by atoms with Gasteiger partial charge in [-0.05, 0) is 43.5 Å². The number of hydrogen-bond acceptors (Lipinski definition) is 1. The van der Waals surface area contributed by atoms with Gasteiger partial charge in [-0.1, -0.05) is 47.5 Å². The normalized spacial score (nSPS) is 10.4. The van der Waals surface area contributed by atoms with E-state index in [-0.39, 0.29) is 0 Å². The van der Waals surface area contributed by atoms with E-state index in [1.165, 1.54) is 22.4 Å². The topological polar surface area (TPSA) is 12.0 Å². The molecule has 0 spiro atoms. The van der Waals surface area contributed by atoms with Crippen LogP contribution in [0.15, 0.2) is 36.4 Å². The van der Waals surface area contributed by atoms with Gasteiger partial charge in [0, 0.05) is 17.3 Å². The molecular formula is C16H18ClN. The average molecular weight is 260 g/mol. The van der Waals surface area contributed by atoms with E-state index in [2.05, 4.69) is 38.2 Å². The Morgan fingerprint density at radius 2 is 1.61 bits per heavy atom. The van der Waals surface area contributed by atoms with Gasteiger partial charge in [0.1, 0.15) is 0 Å². The summed E-state index contributed by atoms with van der Waals surface area (Å²) >= 11 is 6.16. The van der Waals surface area contributed by atoms with Crippen LogP contribution >= 0.6 is 11.6 Å². The lowest BCUT2D eigenvalue weighted by molar-refractivity contribution is 1.13. The molecule has 2 aromatic rings. The molecule has 2 rings (SSSR count). The second-order valence-electron chi connectivity index (χ2n) is 4.72. The van der Waals surface area contributed by atoms with Crippen molar-refractivity contribution in [3.8, 4) is 0 Å². The molecule has 0 saturated carbocycles. The summed E-state index contributed by atoms with van der Waals surface area (Å²) in [7, 11) is 0. The number of hydrogen-bond donors (Lipinski definition) is 1. The van der Waals surface area contributed by atoms with Crippen LogP contribution < -0.4 is 5.32 Å². The summed E-state index contributed by atoms with van der Waals surface area (Å²) in [5, 5.41) is 4.29. The van der Waals surface area contributed by atoms with E-state index in [0.29, 0.717) is 0 Å². The predicted octanol–water partition coefficient (Wildman–Crippen LogP) is 4.88. The molecule has 1 N–H and O–H groups in total. The molecule has 0 atom stereocenters. The molecule has 94 valence electrons. The first-order valence-electron chi connectivity index (χ1n) is 6.13. The van der Waals surface area contributed by atoms with E-state index in [1.54, 1.807) is 0 Å².